The number of aldehydes is 1. The van der Waals surface area contributed by atoms with Crippen molar-refractivity contribution in [2.75, 3.05) is 5.09 Å². The van der Waals surface area contributed by atoms with Crippen LogP contribution in [0.25, 0.3) is 0 Å². The van der Waals surface area contributed by atoms with Gasteiger partial charge < -0.3 is 5.09 Å². The molecule has 1 atom stereocenters. The first kappa shape index (κ1) is 10.6. The molecular formula is C8H8IN2OP. The summed E-state index contributed by atoms with van der Waals surface area (Å²) in [7, 11) is 0. The summed E-state index contributed by atoms with van der Waals surface area (Å²) >= 11 is 2.20. The number of hydrogen-bond donors (Lipinski definition) is 2. The number of hydrogen-bond acceptors (Lipinski definition) is 3. The fraction of sp³-hybridized carbons (Fsp3) is 0. The number of rotatable bonds is 4. The lowest BCUT2D eigenvalue weighted by molar-refractivity contribution is -0.102. The Kier molecular flexibility index (Phi) is 4.32. The Hall–Kier alpha value is -0.480. The normalized spacial score (nSPS) is 10.2. The summed E-state index contributed by atoms with van der Waals surface area (Å²) < 4.78 is 0. The van der Waals surface area contributed by atoms with E-state index in [2.05, 4.69) is 27.1 Å². The van der Waals surface area contributed by atoms with Gasteiger partial charge in [-0.05, 0) is 28.1 Å². The molecule has 0 fully saturated rings. The van der Waals surface area contributed by atoms with E-state index >= 15 is 0 Å². The van der Waals surface area contributed by atoms with E-state index in [1.807, 2.05) is 18.2 Å². The third-order valence-corrected chi connectivity index (χ3v) is 2.69. The van der Waals surface area contributed by atoms with Crippen molar-refractivity contribution in [3.05, 3.63) is 29.8 Å². The lowest BCUT2D eigenvalue weighted by Gasteiger charge is -2.06. The van der Waals surface area contributed by atoms with E-state index in [-0.39, 0.29) is 5.71 Å². The van der Waals surface area contributed by atoms with Crippen LogP contribution in [0.3, 0.4) is 0 Å². The number of benzene rings is 1. The number of halogens is 1. The molecule has 0 aromatic heterocycles. The van der Waals surface area contributed by atoms with E-state index in [0.717, 1.165) is 5.69 Å². The SMILES string of the molecule is N=C(C=O)c1ccccc1NPI. The van der Waals surface area contributed by atoms with Crippen LogP contribution in [0.15, 0.2) is 24.3 Å². The quantitative estimate of drug-likeness (QED) is 0.389. The van der Waals surface area contributed by atoms with Crippen LogP contribution >= 0.6 is 28.4 Å². The molecule has 0 aliphatic rings. The van der Waals surface area contributed by atoms with Gasteiger partial charge in [-0.25, -0.2) is 0 Å². The Bertz CT molecular complexity index is 330. The van der Waals surface area contributed by atoms with E-state index in [9.17, 15) is 4.79 Å². The minimum atomic E-state index is 0.0118. The van der Waals surface area contributed by atoms with Gasteiger partial charge in [-0.2, -0.15) is 0 Å². The summed E-state index contributed by atoms with van der Waals surface area (Å²) in [5.41, 5.74) is 1.51. The van der Waals surface area contributed by atoms with E-state index in [4.69, 9.17) is 5.41 Å². The second-order valence-corrected chi connectivity index (χ2v) is 4.35. The lowest BCUT2D eigenvalue weighted by atomic mass is 10.1. The van der Waals surface area contributed by atoms with Gasteiger partial charge in [-0.1, -0.05) is 18.2 Å². The molecule has 0 saturated heterocycles. The molecule has 0 amide bonds. The zero-order valence-electron chi connectivity index (χ0n) is 6.67. The van der Waals surface area contributed by atoms with Crippen LogP contribution in [0.2, 0.25) is 0 Å². The number of anilines is 1. The molecule has 0 aliphatic heterocycles. The standard InChI is InChI=1S/C8H8IN2OP/c9-13-11-8-4-2-1-3-6(8)7(10)5-12/h1-5,10-11,13H. The maximum absolute atomic E-state index is 10.4. The molecule has 0 heterocycles. The summed E-state index contributed by atoms with van der Waals surface area (Å²) in [5.74, 6) is 0. The van der Waals surface area contributed by atoms with Crippen LogP contribution in [0.4, 0.5) is 5.69 Å². The summed E-state index contributed by atoms with van der Waals surface area (Å²) in [6.45, 7) is 0. The van der Waals surface area contributed by atoms with Crippen LogP contribution in [0.1, 0.15) is 5.56 Å². The minimum absolute atomic E-state index is 0.0118. The third kappa shape index (κ3) is 2.74. The van der Waals surface area contributed by atoms with Gasteiger partial charge in [0.25, 0.3) is 0 Å². The average Bonchev–Trinajstić information content (AvgIpc) is 2.18. The molecule has 0 radical (unpaired) electrons. The van der Waals surface area contributed by atoms with E-state index in [0.29, 0.717) is 18.2 Å². The smallest absolute Gasteiger partial charge is 0.168 e. The molecule has 2 N–H and O–H groups in total. The highest BCUT2D eigenvalue weighted by Crippen LogP contribution is 2.26. The minimum Gasteiger partial charge on any atom is -0.358 e. The van der Waals surface area contributed by atoms with E-state index < -0.39 is 0 Å². The van der Waals surface area contributed by atoms with Crippen LogP contribution < -0.4 is 5.09 Å². The molecule has 68 valence electrons. The average molecular weight is 306 g/mol. The number of para-hydroxylation sites is 1. The molecule has 3 nitrogen and oxygen atoms in total. The second-order valence-electron chi connectivity index (χ2n) is 2.30. The van der Waals surface area contributed by atoms with Gasteiger partial charge in [0.05, 0.1) is 0 Å². The zero-order chi connectivity index (χ0) is 9.68. The van der Waals surface area contributed by atoms with Crippen molar-refractivity contribution in [3.8, 4) is 0 Å². The molecular weight excluding hydrogens is 298 g/mol. The summed E-state index contributed by atoms with van der Waals surface area (Å²) in [4.78, 5) is 10.4. The fourth-order valence-electron chi connectivity index (χ4n) is 0.941. The Balaban J connectivity index is 3.03. The first-order valence-electron chi connectivity index (χ1n) is 3.54. The third-order valence-electron chi connectivity index (χ3n) is 1.52. The van der Waals surface area contributed by atoms with Gasteiger partial charge in [-0.3, -0.25) is 10.2 Å². The van der Waals surface area contributed by atoms with Crippen LogP contribution in [-0.2, 0) is 4.79 Å². The molecule has 0 bridgehead atoms. The molecule has 5 heteroatoms. The highest BCUT2D eigenvalue weighted by Gasteiger charge is 2.04. The topological polar surface area (TPSA) is 53.0 Å². The van der Waals surface area contributed by atoms with Crippen LogP contribution in [-0.4, -0.2) is 12.0 Å². The van der Waals surface area contributed by atoms with Gasteiger partial charge in [0.15, 0.2) is 6.29 Å². The number of carbonyl (C=O) groups excluding carboxylic acids is 1. The monoisotopic (exact) mass is 306 g/mol. The highest BCUT2D eigenvalue weighted by molar-refractivity contribution is 14.2. The molecule has 0 saturated carbocycles. The van der Waals surface area contributed by atoms with Gasteiger partial charge in [0.2, 0.25) is 0 Å². The van der Waals surface area contributed by atoms with Crippen LogP contribution in [0, 0.1) is 5.41 Å². The van der Waals surface area contributed by atoms with Crippen molar-refractivity contribution >= 4 is 46.1 Å². The van der Waals surface area contributed by atoms with Gasteiger partial charge in [0.1, 0.15) is 5.71 Å². The lowest BCUT2D eigenvalue weighted by Crippen LogP contribution is -2.02. The first-order valence-corrected chi connectivity index (χ1v) is 7.65. The van der Waals surface area contributed by atoms with Gasteiger partial charge in [0, 0.05) is 17.6 Å². The fourth-order valence-corrected chi connectivity index (χ4v) is 2.13. The van der Waals surface area contributed by atoms with Crippen molar-refractivity contribution in [2.45, 2.75) is 0 Å². The first-order chi connectivity index (χ1) is 6.29. The molecule has 1 aromatic carbocycles. The molecule has 1 aromatic rings. The molecule has 0 spiro atoms. The summed E-state index contributed by atoms with van der Waals surface area (Å²) in [6.07, 6.45) is 1.09. The predicted octanol–water partition coefficient (Wildman–Crippen LogP) is 2.61. The van der Waals surface area contributed by atoms with Crippen molar-refractivity contribution in [1.82, 2.24) is 0 Å². The molecule has 1 unspecified atom stereocenters. The Morgan fingerprint density at radius 3 is 2.85 bits per heavy atom. The largest absolute Gasteiger partial charge is 0.358 e. The van der Waals surface area contributed by atoms with Crippen molar-refractivity contribution in [3.63, 3.8) is 0 Å². The van der Waals surface area contributed by atoms with Crippen molar-refractivity contribution < 1.29 is 4.79 Å². The Morgan fingerprint density at radius 2 is 2.23 bits per heavy atom. The van der Waals surface area contributed by atoms with Gasteiger partial charge in [-0.15, -0.1) is 0 Å². The van der Waals surface area contributed by atoms with Gasteiger partial charge >= 0.3 is 0 Å². The number of carbonyl (C=O) groups is 1. The van der Waals surface area contributed by atoms with Crippen molar-refractivity contribution in [2.24, 2.45) is 0 Å². The summed E-state index contributed by atoms with van der Waals surface area (Å²) in [6, 6.07) is 7.31. The predicted molar refractivity (Wildman–Crippen MR) is 65.3 cm³/mol. The highest BCUT2D eigenvalue weighted by atomic mass is 127. The Labute approximate surface area is 91.1 Å². The van der Waals surface area contributed by atoms with E-state index in [1.54, 1.807) is 6.07 Å². The molecule has 13 heavy (non-hydrogen) atoms. The Morgan fingerprint density at radius 1 is 1.54 bits per heavy atom. The number of nitrogens with one attached hydrogen (secondary N) is 2. The van der Waals surface area contributed by atoms with Crippen molar-refractivity contribution in [1.29, 1.82) is 5.41 Å². The van der Waals surface area contributed by atoms with E-state index in [1.165, 1.54) is 0 Å². The molecule has 1 rings (SSSR count). The maximum atomic E-state index is 10.4. The zero-order valence-corrected chi connectivity index (χ0v) is 9.83. The maximum Gasteiger partial charge on any atom is 0.168 e. The summed E-state index contributed by atoms with van der Waals surface area (Å²) in [5, 5.41) is 10.5. The van der Waals surface area contributed by atoms with Crippen LogP contribution in [0.5, 0.6) is 0 Å². The molecule has 0 aliphatic carbocycles. The second kappa shape index (κ2) is 5.29.